The molecular formula is C14H17F2N3O6S. The largest absolute Gasteiger partial charge is 0.455 e. The molecule has 0 aromatic heterocycles. The molecule has 0 radical (unpaired) electrons. The SMILES string of the molecule is CCCNC(=O)NC(=O)COC(=O)CNS(=O)(=O)c1c(F)cccc1F. The average Bonchev–Trinajstić information content (AvgIpc) is 2.56. The zero-order valence-corrected chi connectivity index (χ0v) is 14.5. The highest BCUT2D eigenvalue weighted by Crippen LogP contribution is 2.17. The summed E-state index contributed by atoms with van der Waals surface area (Å²) in [6.07, 6.45) is 0.652. The summed E-state index contributed by atoms with van der Waals surface area (Å²) < 4.78 is 56.7. The summed E-state index contributed by atoms with van der Waals surface area (Å²) in [5.74, 6) is -4.78. The van der Waals surface area contributed by atoms with Crippen LogP contribution in [0, 0.1) is 11.6 Å². The van der Waals surface area contributed by atoms with Crippen molar-refractivity contribution in [2.45, 2.75) is 18.2 Å². The Morgan fingerprint density at radius 3 is 2.35 bits per heavy atom. The van der Waals surface area contributed by atoms with E-state index in [0.717, 1.165) is 18.2 Å². The molecule has 0 spiro atoms. The molecule has 26 heavy (non-hydrogen) atoms. The number of sulfonamides is 1. The second kappa shape index (κ2) is 9.77. The summed E-state index contributed by atoms with van der Waals surface area (Å²) in [5.41, 5.74) is 0. The highest BCUT2D eigenvalue weighted by Gasteiger charge is 2.24. The third-order valence-corrected chi connectivity index (χ3v) is 4.20. The van der Waals surface area contributed by atoms with E-state index >= 15 is 0 Å². The first-order valence-electron chi connectivity index (χ1n) is 7.34. The predicted octanol–water partition coefficient (Wildman–Crippen LogP) is 0.0221. The molecule has 0 saturated heterocycles. The lowest BCUT2D eigenvalue weighted by atomic mass is 10.3. The van der Waals surface area contributed by atoms with Gasteiger partial charge in [0.15, 0.2) is 11.5 Å². The maximum Gasteiger partial charge on any atom is 0.321 e. The van der Waals surface area contributed by atoms with Crippen LogP contribution in [0.25, 0.3) is 0 Å². The molecular weight excluding hydrogens is 376 g/mol. The number of urea groups is 1. The number of rotatable bonds is 8. The van der Waals surface area contributed by atoms with Crippen LogP contribution in [0.2, 0.25) is 0 Å². The van der Waals surface area contributed by atoms with Crippen LogP contribution >= 0.6 is 0 Å². The van der Waals surface area contributed by atoms with Crippen molar-refractivity contribution in [1.29, 1.82) is 0 Å². The summed E-state index contributed by atoms with van der Waals surface area (Å²) in [7, 11) is -4.65. The highest BCUT2D eigenvalue weighted by molar-refractivity contribution is 7.89. The lowest BCUT2D eigenvalue weighted by molar-refractivity contribution is -0.147. The summed E-state index contributed by atoms with van der Waals surface area (Å²) >= 11 is 0. The molecule has 0 bridgehead atoms. The molecule has 1 aromatic rings. The van der Waals surface area contributed by atoms with E-state index in [4.69, 9.17) is 0 Å². The smallest absolute Gasteiger partial charge is 0.321 e. The number of hydrogen-bond donors (Lipinski definition) is 3. The van der Waals surface area contributed by atoms with Crippen LogP contribution in [0.4, 0.5) is 13.6 Å². The van der Waals surface area contributed by atoms with Crippen LogP contribution in [-0.2, 0) is 24.3 Å². The number of nitrogens with one attached hydrogen (secondary N) is 3. The number of ether oxygens (including phenoxy) is 1. The van der Waals surface area contributed by atoms with Gasteiger partial charge in [-0.2, -0.15) is 4.72 Å². The molecule has 1 rings (SSSR count). The first-order chi connectivity index (χ1) is 12.2. The van der Waals surface area contributed by atoms with Gasteiger partial charge < -0.3 is 10.1 Å². The molecule has 0 aliphatic heterocycles. The molecule has 0 saturated carbocycles. The van der Waals surface area contributed by atoms with Crippen molar-refractivity contribution in [3.8, 4) is 0 Å². The predicted molar refractivity (Wildman–Crippen MR) is 84.3 cm³/mol. The Morgan fingerprint density at radius 2 is 1.77 bits per heavy atom. The second-order valence-electron chi connectivity index (χ2n) is 4.84. The van der Waals surface area contributed by atoms with Gasteiger partial charge >= 0.3 is 12.0 Å². The van der Waals surface area contributed by atoms with E-state index in [1.807, 2.05) is 5.32 Å². The van der Waals surface area contributed by atoms with Crippen molar-refractivity contribution >= 4 is 27.9 Å². The minimum atomic E-state index is -4.65. The van der Waals surface area contributed by atoms with Gasteiger partial charge in [0.05, 0.1) is 0 Å². The number of carbonyl (C=O) groups excluding carboxylic acids is 3. The van der Waals surface area contributed by atoms with Crippen LogP contribution < -0.4 is 15.4 Å². The Morgan fingerprint density at radius 1 is 1.15 bits per heavy atom. The van der Waals surface area contributed by atoms with Crippen molar-refractivity contribution < 1.29 is 36.3 Å². The zero-order chi connectivity index (χ0) is 19.7. The van der Waals surface area contributed by atoms with Gasteiger partial charge in [0.2, 0.25) is 10.0 Å². The van der Waals surface area contributed by atoms with Crippen molar-refractivity contribution in [3.63, 3.8) is 0 Å². The quantitative estimate of drug-likeness (QED) is 0.534. The third kappa shape index (κ3) is 6.72. The Hall–Kier alpha value is -2.60. The van der Waals surface area contributed by atoms with Crippen molar-refractivity contribution in [1.82, 2.24) is 15.4 Å². The van der Waals surface area contributed by atoms with E-state index < -0.39 is 57.6 Å². The van der Waals surface area contributed by atoms with E-state index in [2.05, 4.69) is 10.1 Å². The van der Waals surface area contributed by atoms with Crippen molar-refractivity contribution in [2.24, 2.45) is 0 Å². The maximum atomic E-state index is 13.5. The number of amides is 3. The number of carbonyl (C=O) groups is 3. The van der Waals surface area contributed by atoms with E-state index in [1.165, 1.54) is 0 Å². The van der Waals surface area contributed by atoms with Gasteiger partial charge in [-0.1, -0.05) is 13.0 Å². The molecule has 0 heterocycles. The Labute approximate surface area is 148 Å². The summed E-state index contributed by atoms with van der Waals surface area (Å²) in [6, 6.07) is 1.68. The summed E-state index contributed by atoms with van der Waals surface area (Å²) in [4.78, 5) is 32.7. The normalized spacial score (nSPS) is 10.9. The van der Waals surface area contributed by atoms with Gasteiger partial charge in [-0.15, -0.1) is 0 Å². The monoisotopic (exact) mass is 393 g/mol. The van der Waals surface area contributed by atoms with Gasteiger partial charge in [0.25, 0.3) is 5.91 Å². The Kier molecular flexibility index (Phi) is 8.06. The number of benzene rings is 1. The fourth-order valence-electron chi connectivity index (χ4n) is 1.61. The van der Waals surface area contributed by atoms with E-state index in [1.54, 1.807) is 11.6 Å². The fourth-order valence-corrected chi connectivity index (χ4v) is 2.71. The Bertz CT molecular complexity index is 765. The van der Waals surface area contributed by atoms with Crippen LogP contribution in [-0.4, -0.2) is 46.0 Å². The average molecular weight is 393 g/mol. The molecule has 144 valence electrons. The van der Waals surface area contributed by atoms with Crippen LogP contribution in [0.1, 0.15) is 13.3 Å². The van der Waals surface area contributed by atoms with Crippen molar-refractivity contribution in [2.75, 3.05) is 19.7 Å². The summed E-state index contributed by atoms with van der Waals surface area (Å²) in [5, 5.41) is 4.23. The number of imide groups is 1. The molecule has 12 heteroatoms. The molecule has 1 aromatic carbocycles. The van der Waals surface area contributed by atoms with Gasteiger partial charge in [0, 0.05) is 6.54 Å². The molecule has 0 unspecified atom stereocenters. The molecule has 9 nitrogen and oxygen atoms in total. The van der Waals surface area contributed by atoms with E-state index in [9.17, 15) is 31.6 Å². The second-order valence-corrected chi connectivity index (χ2v) is 6.54. The first-order valence-corrected chi connectivity index (χ1v) is 8.82. The molecule has 0 aliphatic rings. The van der Waals surface area contributed by atoms with Gasteiger partial charge in [-0.25, -0.2) is 22.0 Å². The fraction of sp³-hybridized carbons (Fsp3) is 0.357. The number of halogens is 2. The number of hydrogen-bond acceptors (Lipinski definition) is 6. The van der Waals surface area contributed by atoms with Gasteiger partial charge in [-0.3, -0.25) is 14.9 Å². The first kappa shape index (κ1) is 21.4. The Balaban J connectivity index is 2.49. The minimum absolute atomic E-state index is 0.341. The van der Waals surface area contributed by atoms with E-state index in [-0.39, 0.29) is 0 Å². The highest BCUT2D eigenvalue weighted by atomic mass is 32.2. The third-order valence-electron chi connectivity index (χ3n) is 2.75. The van der Waals surface area contributed by atoms with Crippen LogP contribution in [0.3, 0.4) is 0 Å². The molecule has 3 amide bonds. The lowest BCUT2D eigenvalue weighted by Crippen LogP contribution is -2.42. The van der Waals surface area contributed by atoms with Crippen LogP contribution in [0.15, 0.2) is 23.1 Å². The van der Waals surface area contributed by atoms with Crippen molar-refractivity contribution in [3.05, 3.63) is 29.8 Å². The topological polar surface area (TPSA) is 131 Å². The van der Waals surface area contributed by atoms with Gasteiger partial charge in [-0.05, 0) is 18.6 Å². The molecule has 0 fully saturated rings. The lowest BCUT2D eigenvalue weighted by Gasteiger charge is -2.09. The maximum absolute atomic E-state index is 13.5. The zero-order valence-electron chi connectivity index (χ0n) is 13.7. The molecule has 3 N–H and O–H groups in total. The van der Waals surface area contributed by atoms with E-state index in [0.29, 0.717) is 13.0 Å². The molecule has 0 aliphatic carbocycles. The van der Waals surface area contributed by atoms with Gasteiger partial charge in [0.1, 0.15) is 18.2 Å². The minimum Gasteiger partial charge on any atom is -0.455 e. The molecule has 0 atom stereocenters. The van der Waals surface area contributed by atoms with Crippen LogP contribution in [0.5, 0.6) is 0 Å². The number of esters is 1. The summed E-state index contributed by atoms with van der Waals surface area (Å²) in [6.45, 7) is 0.338. The standard InChI is InChI=1S/C14H17F2N3O6S/c1-2-6-17-14(22)19-11(20)8-25-12(21)7-18-26(23,24)13-9(15)4-3-5-10(13)16/h3-5,18H,2,6-8H2,1H3,(H2,17,19,20,22).